The Bertz CT molecular complexity index is 876. The van der Waals surface area contributed by atoms with E-state index in [0.717, 1.165) is 0 Å². The van der Waals surface area contributed by atoms with Gasteiger partial charge in [0.2, 0.25) is 12.3 Å². The predicted octanol–water partition coefficient (Wildman–Crippen LogP) is -0.782. The molecule has 0 saturated heterocycles. The molecular formula is C19H16BrN3O3. The van der Waals surface area contributed by atoms with Crippen molar-refractivity contribution in [3.05, 3.63) is 90.1 Å². The number of halogens is 1. The second kappa shape index (κ2) is 9.43. The summed E-state index contributed by atoms with van der Waals surface area (Å²) in [6, 6.07) is 15.8. The van der Waals surface area contributed by atoms with Gasteiger partial charge in [-0.1, -0.05) is 30.3 Å². The number of carbonyl (C=O) groups is 2. The number of amides is 1. The highest BCUT2D eigenvalue weighted by Crippen LogP contribution is 2.01. The Labute approximate surface area is 160 Å². The van der Waals surface area contributed by atoms with Crippen LogP contribution in [0.1, 0.15) is 26.5 Å². The van der Waals surface area contributed by atoms with Crippen LogP contribution in [0, 0.1) is 0 Å². The number of benzene rings is 1. The normalized spacial score (nSPS) is 10.3. The molecule has 1 amide bonds. The SMILES string of the molecule is O=C(C[n+]1ccc(C(=O)N/N=C/c2ccco2)cc1)c1ccccc1.[Br-]. The largest absolute Gasteiger partial charge is 1.00 e. The van der Waals surface area contributed by atoms with Gasteiger partial charge in [0.15, 0.2) is 12.4 Å². The third-order valence-electron chi connectivity index (χ3n) is 3.48. The molecule has 0 atom stereocenters. The highest BCUT2D eigenvalue weighted by molar-refractivity contribution is 5.95. The molecule has 6 nitrogen and oxygen atoms in total. The molecule has 0 bridgehead atoms. The third kappa shape index (κ3) is 5.22. The van der Waals surface area contributed by atoms with E-state index < -0.39 is 0 Å². The number of hydrogen-bond acceptors (Lipinski definition) is 4. The van der Waals surface area contributed by atoms with Crippen LogP contribution in [-0.4, -0.2) is 17.9 Å². The monoisotopic (exact) mass is 413 g/mol. The van der Waals surface area contributed by atoms with E-state index in [0.29, 0.717) is 16.9 Å². The number of hydrazone groups is 1. The Morgan fingerprint density at radius 1 is 1.00 bits per heavy atom. The Balaban J connectivity index is 0.00000243. The smallest absolute Gasteiger partial charge is 0.271 e. The molecule has 3 rings (SSSR count). The molecule has 0 aliphatic heterocycles. The molecule has 0 saturated carbocycles. The van der Waals surface area contributed by atoms with Gasteiger partial charge < -0.3 is 21.4 Å². The predicted molar refractivity (Wildman–Crippen MR) is 91.2 cm³/mol. The maximum Gasteiger partial charge on any atom is 0.271 e. The molecule has 0 fully saturated rings. The first-order valence-electron chi connectivity index (χ1n) is 7.66. The number of nitrogens with one attached hydrogen (secondary N) is 1. The van der Waals surface area contributed by atoms with Crippen LogP contribution >= 0.6 is 0 Å². The summed E-state index contributed by atoms with van der Waals surface area (Å²) in [6.45, 7) is 0.211. The first-order valence-corrected chi connectivity index (χ1v) is 7.66. The highest BCUT2D eigenvalue weighted by Gasteiger charge is 2.13. The molecule has 0 aliphatic carbocycles. The molecule has 2 heterocycles. The van der Waals surface area contributed by atoms with Crippen molar-refractivity contribution in [1.82, 2.24) is 5.43 Å². The summed E-state index contributed by atoms with van der Waals surface area (Å²) in [5, 5.41) is 3.82. The average Bonchev–Trinajstić information content (AvgIpc) is 3.16. The molecule has 1 N–H and O–H groups in total. The van der Waals surface area contributed by atoms with Gasteiger partial charge in [0, 0.05) is 17.7 Å². The highest BCUT2D eigenvalue weighted by atomic mass is 79.9. The minimum absolute atomic E-state index is 0. The lowest BCUT2D eigenvalue weighted by atomic mass is 10.1. The summed E-state index contributed by atoms with van der Waals surface area (Å²) in [5.74, 6) is 0.209. The fourth-order valence-corrected chi connectivity index (χ4v) is 2.18. The molecule has 2 aromatic heterocycles. The van der Waals surface area contributed by atoms with Gasteiger partial charge in [-0.25, -0.2) is 5.43 Å². The molecule has 0 unspecified atom stereocenters. The fraction of sp³-hybridized carbons (Fsp3) is 0.0526. The summed E-state index contributed by atoms with van der Waals surface area (Å²) < 4.78 is 6.79. The van der Waals surface area contributed by atoms with Gasteiger partial charge in [-0.15, -0.1) is 0 Å². The van der Waals surface area contributed by atoms with Gasteiger partial charge >= 0.3 is 0 Å². The van der Waals surface area contributed by atoms with Crippen molar-refractivity contribution in [1.29, 1.82) is 0 Å². The van der Waals surface area contributed by atoms with Crippen LogP contribution in [0.2, 0.25) is 0 Å². The Morgan fingerprint density at radius 2 is 1.73 bits per heavy atom. The molecule has 0 spiro atoms. The van der Waals surface area contributed by atoms with Crippen LogP contribution in [0.4, 0.5) is 0 Å². The lowest BCUT2D eigenvalue weighted by Gasteiger charge is -2.00. The molecule has 0 radical (unpaired) electrons. The minimum atomic E-state index is -0.343. The standard InChI is InChI=1S/C19H15N3O3.BrH/c23-18(15-5-2-1-3-6-15)14-22-10-8-16(9-11-22)19(24)21-20-13-17-7-4-12-25-17;/h1-13H,14H2;1H. The lowest BCUT2D eigenvalue weighted by molar-refractivity contribution is -0.683. The van der Waals surface area contributed by atoms with Crippen molar-refractivity contribution < 1.29 is 35.6 Å². The first kappa shape index (κ1) is 19.3. The number of aromatic nitrogens is 1. The van der Waals surface area contributed by atoms with E-state index in [4.69, 9.17) is 4.42 Å². The van der Waals surface area contributed by atoms with Crippen molar-refractivity contribution in [2.45, 2.75) is 6.54 Å². The number of Topliss-reactive ketones (excluding diaryl/α,β-unsaturated/α-hetero) is 1. The molecule has 0 aliphatic rings. The molecule has 26 heavy (non-hydrogen) atoms. The summed E-state index contributed by atoms with van der Waals surface area (Å²) in [6.07, 6.45) is 6.31. The first-order chi connectivity index (χ1) is 12.2. The Kier molecular flexibility index (Phi) is 6.99. The number of ketones is 1. The molecule has 7 heteroatoms. The number of pyridine rings is 1. The maximum absolute atomic E-state index is 12.2. The van der Waals surface area contributed by atoms with E-state index in [2.05, 4.69) is 10.5 Å². The third-order valence-corrected chi connectivity index (χ3v) is 3.48. The second-order valence-corrected chi connectivity index (χ2v) is 5.26. The van der Waals surface area contributed by atoms with Crippen molar-refractivity contribution in [2.24, 2.45) is 5.10 Å². The summed E-state index contributed by atoms with van der Waals surface area (Å²) in [5.41, 5.74) is 3.52. The maximum atomic E-state index is 12.2. The van der Waals surface area contributed by atoms with Gasteiger partial charge in [0.05, 0.1) is 18.0 Å². The van der Waals surface area contributed by atoms with E-state index in [1.165, 1.54) is 12.5 Å². The minimum Gasteiger partial charge on any atom is -1.00 e. The number of hydrogen-bond donors (Lipinski definition) is 1. The summed E-state index contributed by atoms with van der Waals surface area (Å²) in [7, 11) is 0. The zero-order valence-electron chi connectivity index (χ0n) is 13.7. The average molecular weight is 414 g/mol. The van der Waals surface area contributed by atoms with E-state index >= 15 is 0 Å². The van der Waals surface area contributed by atoms with Crippen LogP contribution in [0.15, 0.2) is 82.8 Å². The van der Waals surface area contributed by atoms with E-state index in [9.17, 15) is 9.59 Å². The van der Waals surface area contributed by atoms with E-state index in [1.54, 1.807) is 53.4 Å². The number of furan rings is 1. The van der Waals surface area contributed by atoms with Crippen molar-refractivity contribution >= 4 is 17.9 Å². The van der Waals surface area contributed by atoms with Gasteiger partial charge in [-0.05, 0) is 12.1 Å². The Hall–Kier alpha value is -3.06. The number of nitrogens with zero attached hydrogens (tertiary/aromatic N) is 2. The molecular weight excluding hydrogens is 398 g/mol. The van der Waals surface area contributed by atoms with Crippen LogP contribution in [0.3, 0.4) is 0 Å². The van der Waals surface area contributed by atoms with Gasteiger partial charge in [0.1, 0.15) is 5.76 Å². The fourth-order valence-electron chi connectivity index (χ4n) is 2.18. The summed E-state index contributed by atoms with van der Waals surface area (Å²) in [4.78, 5) is 24.2. The zero-order chi connectivity index (χ0) is 17.5. The summed E-state index contributed by atoms with van der Waals surface area (Å²) >= 11 is 0. The van der Waals surface area contributed by atoms with Crippen LogP contribution < -0.4 is 27.0 Å². The number of carbonyl (C=O) groups excluding carboxylic acids is 2. The molecule has 1 aromatic carbocycles. The van der Waals surface area contributed by atoms with Crippen LogP contribution in [-0.2, 0) is 6.54 Å². The quantitative estimate of drug-likeness (QED) is 0.249. The van der Waals surface area contributed by atoms with Crippen LogP contribution in [0.5, 0.6) is 0 Å². The topological polar surface area (TPSA) is 75.5 Å². The van der Waals surface area contributed by atoms with E-state index in [-0.39, 0.29) is 35.2 Å². The van der Waals surface area contributed by atoms with Crippen LogP contribution in [0.25, 0.3) is 0 Å². The lowest BCUT2D eigenvalue weighted by Crippen LogP contribution is -3.00. The second-order valence-electron chi connectivity index (χ2n) is 5.26. The molecule has 132 valence electrons. The van der Waals surface area contributed by atoms with Crippen molar-refractivity contribution in [3.8, 4) is 0 Å². The number of rotatable bonds is 6. The Morgan fingerprint density at radius 3 is 2.38 bits per heavy atom. The van der Waals surface area contributed by atoms with Gasteiger partial charge in [0.25, 0.3) is 5.91 Å². The molecule has 3 aromatic rings. The van der Waals surface area contributed by atoms with Gasteiger partial charge in [-0.2, -0.15) is 9.67 Å². The zero-order valence-corrected chi connectivity index (χ0v) is 15.3. The van der Waals surface area contributed by atoms with Crippen molar-refractivity contribution in [2.75, 3.05) is 0 Å². The van der Waals surface area contributed by atoms with E-state index in [1.807, 2.05) is 18.2 Å². The van der Waals surface area contributed by atoms with Crippen molar-refractivity contribution in [3.63, 3.8) is 0 Å². The van der Waals surface area contributed by atoms with Gasteiger partial charge in [-0.3, -0.25) is 9.59 Å².